The van der Waals surface area contributed by atoms with Crippen molar-refractivity contribution in [3.8, 4) is 0 Å². The Morgan fingerprint density at radius 3 is 2.05 bits per heavy atom. The first kappa shape index (κ1) is 20.4. The van der Waals surface area contributed by atoms with Gasteiger partial charge < -0.3 is 14.2 Å². The molecule has 0 spiro atoms. The highest BCUT2D eigenvalue weighted by Crippen LogP contribution is 2.09. The van der Waals surface area contributed by atoms with Crippen LogP contribution in [0.3, 0.4) is 0 Å². The predicted molar refractivity (Wildman–Crippen MR) is 85.4 cm³/mol. The molecule has 1 saturated heterocycles. The van der Waals surface area contributed by atoms with Crippen molar-refractivity contribution in [1.82, 2.24) is 0 Å². The first-order valence-electron chi connectivity index (χ1n) is 7.65. The number of carbonyl (C=O) groups excluding carboxylic acids is 2. The van der Waals surface area contributed by atoms with Gasteiger partial charge in [0, 0.05) is 11.1 Å². The van der Waals surface area contributed by atoms with Crippen LogP contribution in [-0.4, -0.2) is 37.9 Å². The predicted octanol–water partition coefficient (Wildman–Crippen LogP) is 3.19. The van der Waals surface area contributed by atoms with Gasteiger partial charge in [-0.25, -0.2) is 9.59 Å². The molecule has 0 N–H and O–H groups in total. The van der Waals surface area contributed by atoms with Crippen molar-refractivity contribution in [2.24, 2.45) is 0 Å². The van der Waals surface area contributed by atoms with E-state index in [1.54, 1.807) is 13.8 Å². The summed E-state index contributed by atoms with van der Waals surface area (Å²) in [5.41, 5.74) is 0.908. The van der Waals surface area contributed by atoms with E-state index in [9.17, 15) is 9.59 Å². The molecule has 0 amide bonds. The zero-order valence-electron chi connectivity index (χ0n) is 14.0. The van der Waals surface area contributed by atoms with Gasteiger partial charge >= 0.3 is 11.9 Å². The lowest BCUT2D eigenvalue weighted by atomic mass is 10.2. The number of hydrogen-bond acceptors (Lipinski definition) is 5. The standard InChI is InChI=1S/C10H18O2.C7H10O3/c1-4-5-6-7-8-12-10(11)9(2)3;1-5(2)7(8)10-4-6-3-9-6/h2,4-8H2,1,3H3;6H,1,3-4H2,2H3. The van der Waals surface area contributed by atoms with Gasteiger partial charge in [0.05, 0.1) is 13.2 Å². The summed E-state index contributed by atoms with van der Waals surface area (Å²) in [5.74, 6) is -0.609. The Labute approximate surface area is 133 Å². The molecular formula is C17H28O5. The highest BCUT2D eigenvalue weighted by atomic mass is 16.6. The lowest BCUT2D eigenvalue weighted by Crippen LogP contribution is -2.09. The molecule has 1 atom stereocenters. The fraction of sp³-hybridized carbons (Fsp3) is 0.647. The molecule has 0 aromatic rings. The number of ether oxygens (including phenoxy) is 3. The zero-order chi connectivity index (χ0) is 17.0. The van der Waals surface area contributed by atoms with Gasteiger partial charge in [0.15, 0.2) is 0 Å². The van der Waals surface area contributed by atoms with Gasteiger partial charge in [0.1, 0.15) is 12.7 Å². The molecule has 22 heavy (non-hydrogen) atoms. The largest absolute Gasteiger partial charge is 0.462 e. The minimum atomic E-state index is -0.337. The molecule has 0 aromatic carbocycles. The van der Waals surface area contributed by atoms with E-state index in [2.05, 4.69) is 20.1 Å². The fourth-order valence-corrected chi connectivity index (χ4v) is 1.27. The van der Waals surface area contributed by atoms with Gasteiger partial charge in [-0.15, -0.1) is 0 Å². The average molecular weight is 312 g/mol. The summed E-state index contributed by atoms with van der Waals surface area (Å²) in [6.07, 6.45) is 4.66. The van der Waals surface area contributed by atoms with E-state index in [-0.39, 0.29) is 18.0 Å². The fourth-order valence-electron chi connectivity index (χ4n) is 1.27. The number of rotatable bonds is 9. The summed E-state index contributed by atoms with van der Waals surface area (Å²) < 4.78 is 14.5. The molecule has 1 aliphatic rings. The monoisotopic (exact) mass is 312 g/mol. The van der Waals surface area contributed by atoms with Crippen molar-refractivity contribution < 1.29 is 23.8 Å². The van der Waals surface area contributed by atoms with Crippen LogP contribution in [0, 0.1) is 0 Å². The molecule has 1 aliphatic heterocycles. The van der Waals surface area contributed by atoms with E-state index in [1.807, 2.05) is 0 Å². The Morgan fingerprint density at radius 1 is 1.05 bits per heavy atom. The number of epoxide rings is 1. The molecule has 1 unspecified atom stereocenters. The molecule has 0 bridgehead atoms. The minimum absolute atomic E-state index is 0.142. The summed E-state index contributed by atoms with van der Waals surface area (Å²) in [6.45, 7) is 14.0. The van der Waals surface area contributed by atoms with Crippen LogP contribution in [0.1, 0.15) is 46.5 Å². The Hall–Kier alpha value is -1.62. The van der Waals surface area contributed by atoms with Gasteiger partial charge in [-0.3, -0.25) is 0 Å². The molecule has 0 saturated carbocycles. The molecule has 1 rings (SSSR count). The van der Waals surface area contributed by atoms with Crippen LogP contribution in [-0.2, 0) is 23.8 Å². The second kappa shape index (κ2) is 12.0. The zero-order valence-corrected chi connectivity index (χ0v) is 14.0. The molecule has 126 valence electrons. The normalized spacial score (nSPS) is 15.1. The number of esters is 2. The van der Waals surface area contributed by atoms with Crippen LogP contribution >= 0.6 is 0 Å². The summed E-state index contributed by atoms with van der Waals surface area (Å²) >= 11 is 0. The molecular weight excluding hydrogens is 284 g/mol. The smallest absolute Gasteiger partial charge is 0.333 e. The summed E-state index contributed by atoms with van der Waals surface area (Å²) in [7, 11) is 0. The van der Waals surface area contributed by atoms with Crippen LogP contribution in [0.25, 0.3) is 0 Å². The van der Waals surface area contributed by atoms with Gasteiger partial charge in [-0.2, -0.15) is 0 Å². The molecule has 1 heterocycles. The van der Waals surface area contributed by atoms with Gasteiger partial charge in [0.2, 0.25) is 0 Å². The molecule has 5 nitrogen and oxygen atoms in total. The lowest BCUT2D eigenvalue weighted by molar-refractivity contribution is -0.140. The van der Waals surface area contributed by atoms with Crippen molar-refractivity contribution in [2.45, 2.75) is 52.6 Å². The SMILES string of the molecule is C=C(C)C(=O)OCC1CO1.C=C(C)C(=O)OCCCCCC. The summed E-state index contributed by atoms with van der Waals surface area (Å²) in [4.78, 5) is 21.6. The van der Waals surface area contributed by atoms with Crippen molar-refractivity contribution in [3.63, 3.8) is 0 Å². The van der Waals surface area contributed by atoms with E-state index < -0.39 is 0 Å². The third-order valence-electron chi connectivity index (χ3n) is 2.73. The lowest BCUT2D eigenvalue weighted by Gasteiger charge is -2.02. The average Bonchev–Trinajstić information content (AvgIpc) is 3.29. The third-order valence-corrected chi connectivity index (χ3v) is 2.73. The minimum Gasteiger partial charge on any atom is -0.462 e. The molecule has 1 fully saturated rings. The first-order valence-corrected chi connectivity index (χ1v) is 7.65. The second-order valence-electron chi connectivity index (χ2n) is 5.31. The number of carbonyl (C=O) groups is 2. The topological polar surface area (TPSA) is 65.1 Å². The number of unbranched alkanes of at least 4 members (excludes halogenated alkanes) is 3. The van der Waals surface area contributed by atoms with Crippen molar-refractivity contribution in [2.75, 3.05) is 19.8 Å². The maximum absolute atomic E-state index is 10.9. The van der Waals surface area contributed by atoms with Crippen LogP contribution in [0.15, 0.2) is 24.3 Å². The van der Waals surface area contributed by atoms with Gasteiger partial charge in [0.25, 0.3) is 0 Å². The highest BCUT2D eigenvalue weighted by molar-refractivity contribution is 5.87. The van der Waals surface area contributed by atoms with Crippen molar-refractivity contribution in [1.29, 1.82) is 0 Å². The van der Waals surface area contributed by atoms with Crippen LogP contribution < -0.4 is 0 Å². The Bertz CT molecular complexity index is 383. The summed E-state index contributed by atoms with van der Waals surface area (Å²) in [6, 6.07) is 0. The Balaban J connectivity index is 0.000000406. The van der Waals surface area contributed by atoms with Crippen molar-refractivity contribution >= 4 is 11.9 Å². The maximum atomic E-state index is 10.9. The van der Waals surface area contributed by atoms with Crippen LogP contribution in [0.4, 0.5) is 0 Å². The molecule has 0 aliphatic carbocycles. The van der Waals surface area contributed by atoms with E-state index in [0.29, 0.717) is 31.0 Å². The third kappa shape index (κ3) is 12.1. The highest BCUT2D eigenvalue weighted by Gasteiger charge is 2.24. The quantitative estimate of drug-likeness (QED) is 0.283. The molecule has 0 radical (unpaired) electrons. The van der Waals surface area contributed by atoms with Gasteiger partial charge in [-0.1, -0.05) is 39.3 Å². The maximum Gasteiger partial charge on any atom is 0.333 e. The Kier molecular flexibility index (Phi) is 11.1. The van der Waals surface area contributed by atoms with E-state index in [4.69, 9.17) is 14.2 Å². The van der Waals surface area contributed by atoms with Crippen LogP contribution in [0.2, 0.25) is 0 Å². The van der Waals surface area contributed by atoms with Crippen LogP contribution in [0.5, 0.6) is 0 Å². The van der Waals surface area contributed by atoms with Crippen molar-refractivity contribution in [3.05, 3.63) is 24.3 Å². The molecule has 5 heteroatoms. The van der Waals surface area contributed by atoms with E-state index in [1.165, 1.54) is 12.8 Å². The summed E-state index contributed by atoms with van der Waals surface area (Å²) in [5, 5.41) is 0. The molecule has 0 aromatic heterocycles. The second-order valence-corrected chi connectivity index (χ2v) is 5.31. The van der Waals surface area contributed by atoms with E-state index >= 15 is 0 Å². The first-order chi connectivity index (χ1) is 10.4. The Morgan fingerprint density at radius 2 is 1.59 bits per heavy atom. The number of hydrogen-bond donors (Lipinski definition) is 0. The van der Waals surface area contributed by atoms with Gasteiger partial charge in [-0.05, 0) is 20.3 Å². The van der Waals surface area contributed by atoms with E-state index in [0.717, 1.165) is 12.8 Å².